The van der Waals surface area contributed by atoms with Crippen molar-refractivity contribution in [2.75, 3.05) is 13.1 Å². The van der Waals surface area contributed by atoms with Gasteiger partial charge in [-0.05, 0) is 31.9 Å². The summed E-state index contributed by atoms with van der Waals surface area (Å²) in [7, 11) is 0. The summed E-state index contributed by atoms with van der Waals surface area (Å²) in [4.78, 5) is 14.5. The van der Waals surface area contributed by atoms with Crippen molar-refractivity contribution < 1.29 is 4.79 Å². The highest BCUT2D eigenvalue weighted by Crippen LogP contribution is 2.45. The largest absolute Gasteiger partial charge is 0.337 e. The SMILES string of the molecule is Cc1nnc2ccc(C(=O)N3CC4(CCCC4)C3)cn12. The number of hydrogen-bond acceptors (Lipinski definition) is 3. The van der Waals surface area contributed by atoms with Gasteiger partial charge in [0.15, 0.2) is 5.65 Å². The molecule has 0 aromatic carbocycles. The van der Waals surface area contributed by atoms with Crippen molar-refractivity contribution in [3.05, 3.63) is 29.7 Å². The quantitative estimate of drug-likeness (QED) is 0.797. The minimum absolute atomic E-state index is 0.137. The normalized spacial score (nSPS) is 20.6. The number of nitrogens with zero attached hydrogens (tertiary/aromatic N) is 4. The smallest absolute Gasteiger partial charge is 0.255 e. The molecule has 0 N–H and O–H groups in total. The van der Waals surface area contributed by atoms with Gasteiger partial charge >= 0.3 is 0 Å². The highest BCUT2D eigenvalue weighted by Gasteiger charge is 2.46. The first-order valence-corrected chi connectivity index (χ1v) is 7.28. The Bertz CT molecular complexity index is 676. The van der Waals surface area contributed by atoms with Crippen LogP contribution in [0.2, 0.25) is 0 Å². The molecule has 5 nitrogen and oxygen atoms in total. The molecule has 20 heavy (non-hydrogen) atoms. The van der Waals surface area contributed by atoms with Crippen molar-refractivity contribution in [2.24, 2.45) is 5.41 Å². The lowest BCUT2D eigenvalue weighted by atomic mass is 9.78. The number of aromatic nitrogens is 3. The second-order valence-electron chi connectivity index (χ2n) is 6.26. The Morgan fingerprint density at radius 3 is 2.70 bits per heavy atom. The van der Waals surface area contributed by atoms with Gasteiger partial charge in [-0.3, -0.25) is 9.20 Å². The zero-order chi connectivity index (χ0) is 13.7. The molecule has 0 unspecified atom stereocenters. The van der Waals surface area contributed by atoms with Crippen LogP contribution in [-0.2, 0) is 0 Å². The van der Waals surface area contributed by atoms with E-state index in [0.717, 1.165) is 30.1 Å². The zero-order valence-electron chi connectivity index (χ0n) is 11.7. The van der Waals surface area contributed by atoms with Gasteiger partial charge in [0.25, 0.3) is 5.91 Å². The van der Waals surface area contributed by atoms with Crippen LogP contribution in [0.5, 0.6) is 0 Å². The van der Waals surface area contributed by atoms with Crippen molar-refractivity contribution in [3.63, 3.8) is 0 Å². The van der Waals surface area contributed by atoms with Crippen LogP contribution in [0.1, 0.15) is 41.9 Å². The molecule has 2 aromatic rings. The van der Waals surface area contributed by atoms with Crippen LogP contribution in [-0.4, -0.2) is 38.5 Å². The summed E-state index contributed by atoms with van der Waals surface area (Å²) in [5.41, 5.74) is 1.97. The summed E-state index contributed by atoms with van der Waals surface area (Å²) in [6.07, 6.45) is 7.09. The molecule has 2 aliphatic rings. The number of rotatable bonds is 1. The van der Waals surface area contributed by atoms with Crippen LogP contribution in [0.4, 0.5) is 0 Å². The van der Waals surface area contributed by atoms with Crippen LogP contribution in [0, 0.1) is 12.3 Å². The van der Waals surface area contributed by atoms with E-state index in [1.807, 2.05) is 34.6 Å². The van der Waals surface area contributed by atoms with Crippen LogP contribution < -0.4 is 0 Å². The first-order valence-electron chi connectivity index (χ1n) is 7.28. The maximum atomic E-state index is 12.5. The first-order chi connectivity index (χ1) is 9.67. The number of fused-ring (bicyclic) bond motifs is 1. The molecule has 104 valence electrons. The monoisotopic (exact) mass is 270 g/mol. The molecule has 4 rings (SSSR count). The molecule has 1 saturated heterocycles. The molecule has 2 aromatic heterocycles. The Morgan fingerprint density at radius 2 is 1.95 bits per heavy atom. The standard InChI is InChI=1S/C15H18N4O/c1-11-16-17-13-5-4-12(8-19(11)13)14(20)18-9-15(10-18)6-2-3-7-15/h4-5,8H,2-3,6-7,9-10H2,1H3. The Hall–Kier alpha value is -1.91. The van der Waals surface area contributed by atoms with Gasteiger partial charge in [0.1, 0.15) is 5.82 Å². The number of likely N-dealkylation sites (tertiary alicyclic amines) is 1. The molecule has 1 spiro atoms. The van der Waals surface area contributed by atoms with Gasteiger partial charge < -0.3 is 4.90 Å². The van der Waals surface area contributed by atoms with Gasteiger partial charge in [0, 0.05) is 24.7 Å². The zero-order valence-corrected chi connectivity index (χ0v) is 11.7. The fourth-order valence-electron chi connectivity index (χ4n) is 3.66. The van der Waals surface area contributed by atoms with Gasteiger partial charge in [0.05, 0.1) is 5.56 Å². The maximum Gasteiger partial charge on any atom is 0.255 e. The average Bonchev–Trinajstić information content (AvgIpc) is 3.04. The predicted octanol–water partition coefficient (Wildman–Crippen LogP) is 2.05. The van der Waals surface area contributed by atoms with Crippen molar-refractivity contribution in [2.45, 2.75) is 32.6 Å². The molecule has 2 fully saturated rings. The Balaban J connectivity index is 1.57. The van der Waals surface area contributed by atoms with E-state index in [1.54, 1.807) is 0 Å². The minimum atomic E-state index is 0.137. The van der Waals surface area contributed by atoms with Gasteiger partial charge in [-0.15, -0.1) is 10.2 Å². The molecular formula is C15H18N4O. The van der Waals surface area contributed by atoms with Crippen LogP contribution in [0.15, 0.2) is 18.3 Å². The fraction of sp³-hybridized carbons (Fsp3) is 0.533. The molecule has 5 heteroatoms. The van der Waals surface area contributed by atoms with E-state index in [4.69, 9.17) is 0 Å². The molecule has 0 radical (unpaired) electrons. The first kappa shape index (κ1) is 11.9. The number of aryl methyl sites for hydroxylation is 1. The molecular weight excluding hydrogens is 252 g/mol. The van der Waals surface area contributed by atoms with Gasteiger partial charge in [0.2, 0.25) is 0 Å². The van der Waals surface area contributed by atoms with Crippen molar-refractivity contribution in [1.29, 1.82) is 0 Å². The number of carbonyl (C=O) groups is 1. The van der Waals surface area contributed by atoms with Crippen LogP contribution in [0.3, 0.4) is 0 Å². The van der Waals surface area contributed by atoms with Crippen LogP contribution >= 0.6 is 0 Å². The van der Waals surface area contributed by atoms with Gasteiger partial charge in [-0.25, -0.2) is 0 Å². The summed E-state index contributed by atoms with van der Waals surface area (Å²) in [5.74, 6) is 0.947. The average molecular weight is 270 g/mol. The van der Waals surface area contributed by atoms with E-state index in [-0.39, 0.29) is 5.91 Å². The highest BCUT2D eigenvalue weighted by atomic mass is 16.2. The lowest BCUT2D eigenvalue weighted by Gasteiger charge is -2.48. The number of amides is 1. The van der Waals surface area contributed by atoms with E-state index in [1.165, 1.54) is 25.7 Å². The fourth-order valence-corrected chi connectivity index (χ4v) is 3.66. The third-order valence-electron chi connectivity index (χ3n) is 4.82. The van der Waals surface area contributed by atoms with Crippen molar-refractivity contribution in [3.8, 4) is 0 Å². The molecule has 1 aliphatic heterocycles. The summed E-state index contributed by atoms with van der Waals surface area (Å²) in [5, 5.41) is 8.06. The van der Waals surface area contributed by atoms with Crippen molar-refractivity contribution >= 4 is 11.6 Å². The van der Waals surface area contributed by atoms with E-state index in [9.17, 15) is 4.79 Å². The molecule has 0 atom stereocenters. The molecule has 1 aliphatic carbocycles. The van der Waals surface area contributed by atoms with E-state index < -0.39 is 0 Å². The van der Waals surface area contributed by atoms with Crippen LogP contribution in [0.25, 0.3) is 5.65 Å². The lowest BCUT2D eigenvalue weighted by Crippen LogP contribution is -2.57. The van der Waals surface area contributed by atoms with Crippen molar-refractivity contribution in [1.82, 2.24) is 19.5 Å². The Kier molecular flexibility index (Phi) is 2.40. The number of pyridine rings is 1. The third-order valence-corrected chi connectivity index (χ3v) is 4.82. The summed E-state index contributed by atoms with van der Waals surface area (Å²) < 4.78 is 1.87. The Morgan fingerprint density at radius 1 is 1.20 bits per heavy atom. The van der Waals surface area contributed by atoms with E-state index in [0.29, 0.717) is 5.41 Å². The summed E-state index contributed by atoms with van der Waals surface area (Å²) >= 11 is 0. The summed E-state index contributed by atoms with van der Waals surface area (Å²) in [6, 6.07) is 3.71. The maximum absolute atomic E-state index is 12.5. The third kappa shape index (κ3) is 1.65. The molecule has 3 heterocycles. The summed E-state index contributed by atoms with van der Waals surface area (Å²) in [6.45, 7) is 3.77. The predicted molar refractivity (Wildman–Crippen MR) is 74.5 cm³/mol. The second kappa shape index (κ2) is 4.04. The number of hydrogen-bond donors (Lipinski definition) is 0. The second-order valence-corrected chi connectivity index (χ2v) is 6.26. The minimum Gasteiger partial charge on any atom is -0.337 e. The molecule has 0 bridgehead atoms. The van der Waals surface area contributed by atoms with Gasteiger partial charge in [-0.2, -0.15) is 0 Å². The van der Waals surface area contributed by atoms with Gasteiger partial charge in [-0.1, -0.05) is 12.8 Å². The molecule has 1 saturated carbocycles. The van der Waals surface area contributed by atoms with E-state index >= 15 is 0 Å². The Labute approximate surface area is 117 Å². The van der Waals surface area contributed by atoms with E-state index in [2.05, 4.69) is 10.2 Å². The molecule has 1 amide bonds. The lowest BCUT2D eigenvalue weighted by molar-refractivity contribution is 0.00929. The number of carbonyl (C=O) groups excluding carboxylic acids is 1. The highest BCUT2D eigenvalue weighted by molar-refractivity contribution is 5.94. The topological polar surface area (TPSA) is 50.5 Å².